The van der Waals surface area contributed by atoms with Crippen molar-refractivity contribution in [3.63, 3.8) is 0 Å². The minimum atomic E-state index is -0.227. The van der Waals surface area contributed by atoms with Crippen LogP contribution in [0.3, 0.4) is 0 Å². The Morgan fingerprint density at radius 2 is 1.13 bits per heavy atom. The van der Waals surface area contributed by atoms with Gasteiger partial charge in [0, 0.05) is 17.5 Å². The van der Waals surface area contributed by atoms with Crippen LogP contribution in [0.5, 0.6) is 11.5 Å². The van der Waals surface area contributed by atoms with E-state index in [1.807, 2.05) is 0 Å². The highest BCUT2D eigenvalue weighted by Gasteiger charge is 2.12. The molecule has 0 aromatic heterocycles. The molecule has 10 nitrogen and oxygen atoms in total. The van der Waals surface area contributed by atoms with Crippen LogP contribution < -0.4 is 19.9 Å². The van der Waals surface area contributed by atoms with E-state index in [2.05, 4.69) is 0 Å². The topological polar surface area (TPSA) is 162 Å². The van der Waals surface area contributed by atoms with Crippen molar-refractivity contribution in [3.8, 4) is 35.8 Å². The zero-order valence-corrected chi connectivity index (χ0v) is 17.1. The Morgan fingerprint density at radius 1 is 0.710 bits per heavy atom. The van der Waals surface area contributed by atoms with E-state index in [0.29, 0.717) is 13.2 Å². The van der Waals surface area contributed by atoms with Crippen LogP contribution in [0.4, 0.5) is 0 Å². The van der Waals surface area contributed by atoms with E-state index in [1.165, 1.54) is 12.1 Å². The number of benzene rings is 1. The van der Waals surface area contributed by atoms with Gasteiger partial charge in [-0.1, -0.05) is 0 Å². The first-order chi connectivity index (χ1) is 15.2. The van der Waals surface area contributed by atoms with E-state index in [0.717, 1.165) is 0 Å². The maximum atomic E-state index is 9.31. The Morgan fingerprint density at radius 3 is 1.52 bits per heavy atom. The summed E-state index contributed by atoms with van der Waals surface area (Å²) >= 11 is 0. The molecule has 0 aliphatic heterocycles. The van der Waals surface area contributed by atoms with E-state index in [4.69, 9.17) is 28.8 Å². The Hall–Kier alpha value is -3.64. The Kier molecular flexibility index (Phi) is 12.5. The molecule has 1 aromatic carbocycles. The molecule has 0 aliphatic rings. The van der Waals surface area contributed by atoms with Crippen molar-refractivity contribution >= 4 is 11.1 Å². The summed E-state index contributed by atoms with van der Waals surface area (Å²) in [5.74, 6) is 0.253. The van der Waals surface area contributed by atoms with Gasteiger partial charge in [-0.3, -0.25) is 0 Å². The molecule has 0 aliphatic carbocycles. The molecule has 0 heterocycles. The Labute approximate surface area is 179 Å². The summed E-state index contributed by atoms with van der Waals surface area (Å²) in [6, 6.07) is 9.94. The van der Waals surface area contributed by atoms with Gasteiger partial charge in [0.15, 0.2) is 0 Å². The van der Waals surface area contributed by atoms with Gasteiger partial charge in [0.25, 0.3) is 0 Å². The number of hydrogen-bond acceptors (Lipinski definition) is 10. The summed E-state index contributed by atoms with van der Waals surface area (Å²) in [5.41, 5.74) is -0.451. The molecule has 1 rings (SSSR count). The third kappa shape index (κ3) is 8.32. The summed E-state index contributed by atoms with van der Waals surface area (Å²) in [6.07, 6.45) is 0. The van der Waals surface area contributed by atoms with Crippen molar-refractivity contribution in [1.29, 1.82) is 21.0 Å². The number of rotatable bonds is 13. The fourth-order valence-electron chi connectivity index (χ4n) is 2.31. The molecule has 0 atom stereocenters. The normalized spacial score (nSPS) is 9.61. The van der Waals surface area contributed by atoms with E-state index >= 15 is 0 Å². The number of methoxy groups -OCH3 is 1. The summed E-state index contributed by atoms with van der Waals surface area (Å²) in [4.78, 5) is 0. The molecule has 0 spiro atoms. The van der Waals surface area contributed by atoms with Gasteiger partial charge in [-0.25, -0.2) is 0 Å². The second-order valence-corrected chi connectivity index (χ2v) is 5.68. The zero-order chi connectivity index (χ0) is 22.9. The molecule has 0 unspecified atom stereocenters. The first-order valence-corrected chi connectivity index (χ1v) is 9.20. The number of nitrogens with zero attached hydrogens (tertiary/aromatic N) is 4. The highest BCUT2D eigenvalue weighted by atomic mass is 16.5. The Balaban J connectivity index is 3.35. The van der Waals surface area contributed by atoms with Crippen LogP contribution in [0.15, 0.2) is 12.1 Å². The van der Waals surface area contributed by atoms with Gasteiger partial charge in [0.1, 0.15) is 60.1 Å². The number of aliphatic hydroxyl groups is 1. The van der Waals surface area contributed by atoms with E-state index in [9.17, 15) is 21.0 Å². The number of hydrogen-bond donors (Lipinski definition) is 1. The van der Waals surface area contributed by atoms with E-state index in [1.54, 1.807) is 31.4 Å². The molecule has 31 heavy (non-hydrogen) atoms. The van der Waals surface area contributed by atoms with Crippen LogP contribution in [0.1, 0.15) is 0 Å². The van der Waals surface area contributed by atoms with E-state index in [-0.39, 0.29) is 72.7 Å². The maximum Gasteiger partial charge on any atom is 0.140 e. The monoisotopic (exact) mass is 426 g/mol. The second kappa shape index (κ2) is 15.2. The van der Waals surface area contributed by atoms with Gasteiger partial charge in [0.05, 0.1) is 39.6 Å². The molecular weight excluding hydrogens is 404 g/mol. The highest BCUT2D eigenvalue weighted by Crippen LogP contribution is 2.11. The quantitative estimate of drug-likeness (QED) is 0.407. The molecule has 0 amide bonds. The maximum absolute atomic E-state index is 9.31. The van der Waals surface area contributed by atoms with Crippen LogP contribution in [0, 0.1) is 45.3 Å². The molecule has 0 saturated heterocycles. The van der Waals surface area contributed by atoms with Gasteiger partial charge >= 0.3 is 0 Å². The fraction of sp³-hybridized carbons (Fsp3) is 0.429. The summed E-state index contributed by atoms with van der Waals surface area (Å²) in [5, 5.41) is 46.3. The van der Waals surface area contributed by atoms with Crippen LogP contribution >= 0.6 is 0 Å². The lowest BCUT2D eigenvalue weighted by Gasteiger charge is -2.12. The number of ether oxygens (including phenoxy) is 5. The molecule has 1 N–H and O–H groups in total. The van der Waals surface area contributed by atoms with Crippen LogP contribution in [0.2, 0.25) is 0 Å². The van der Waals surface area contributed by atoms with Crippen molar-refractivity contribution in [2.24, 2.45) is 0 Å². The largest absolute Gasteiger partial charge is 0.490 e. The van der Waals surface area contributed by atoms with Crippen molar-refractivity contribution in [2.45, 2.75) is 0 Å². The van der Waals surface area contributed by atoms with Crippen molar-refractivity contribution in [2.75, 3.05) is 60.0 Å². The number of nitriles is 4. The van der Waals surface area contributed by atoms with Crippen molar-refractivity contribution in [3.05, 3.63) is 22.6 Å². The molecule has 0 saturated carbocycles. The minimum Gasteiger partial charge on any atom is -0.490 e. The van der Waals surface area contributed by atoms with Crippen molar-refractivity contribution < 1.29 is 28.8 Å². The van der Waals surface area contributed by atoms with Gasteiger partial charge in [-0.2, -0.15) is 21.0 Å². The average Bonchev–Trinajstić information content (AvgIpc) is 2.79. The van der Waals surface area contributed by atoms with Gasteiger partial charge in [-0.15, -0.1) is 0 Å². The molecule has 0 radical (unpaired) electrons. The lowest BCUT2D eigenvalue weighted by molar-refractivity contribution is 0.0542. The predicted octanol–water partition coefficient (Wildman–Crippen LogP) is -0.488. The third-order valence-corrected chi connectivity index (χ3v) is 3.71. The molecule has 10 heteroatoms. The SMILES string of the molecule is COCCOCCOc1cc(=C(C#N)C#N)c(OCCOCCO)cc1=C(C#N)C#N. The molecule has 0 fully saturated rings. The minimum absolute atomic E-state index is 0.0541. The number of aliphatic hydroxyl groups excluding tert-OH is 1. The average molecular weight is 426 g/mol. The van der Waals surface area contributed by atoms with Crippen LogP contribution in [-0.4, -0.2) is 65.1 Å². The smallest absolute Gasteiger partial charge is 0.140 e. The van der Waals surface area contributed by atoms with Crippen molar-refractivity contribution in [1.82, 2.24) is 0 Å². The molecule has 0 bridgehead atoms. The summed E-state index contributed by atoms with van der Waals surface area (Å²) in [6.45, 7) is 1.32. The lowest BCUT2D eigenvalue weighted by atomic mass is 10.1. The second-order valence-electron chi connectivity index (χ2n) is 5.68. The molecule has 1 aromatic rings. The van der Waals surface area contributed by atoms with Crippen LogP contribution in [-0.2, 0) is 14.2 Å². The summed E-state index contributed by atoms with van der Waals surface area (Å²) < 4.78 is 26.6. The first-order valence-electron chi connectivity index (χ1n) is 9.20. The van der Waals surface area contributed by atoms with Gasteiger partial charge in [0.2, 0.25) is 0 Å². The zero-order valence-electron chi connectivity index (χ0n) is 17.1. The molecule has 162 valence electrons. The highest BCUT2D eigenvalue weighted by molar-refractivity contribution is 5.77. The molecular formula is C21H22N4O6. The van der Waals surface area contributed by atoms with Gasteiger partial charge in [-0.05, 0) is 12.1 Å². The first kappa shape index (κ1) is 25.4. The lowest BCUT2D eigenvalue weighted by Crippen LogP contribution is -2.22. The standard InChI is InChI=1S/C21H22N4O6/c1-27-4-5-29-7-9-31-21-11-18(16(12-22)13-23)20(30-8-6-28-3-2-26)10-19(21)17(14-24)15-25/h10-11,26H,2-9H2,1H3. The van der Waals surface area contributed by atoms with E-state index < -0.39 is 0 Å². The Bertz CT molecular complexity index is 979. The third-order valence-electron chi connectivity index (χ3n) is 3.71. The summed E-state index contributed by atoms with van der Waals surface area (Å²) in [7, 11) is 1.55. The predicted molar refractivity (Wildman–Crippen MR) is 107 cm³/mol. The fourth-order valence-corrected chi connectivity index (χ4v) is 2.31. The van der Waals surface area contributed by atoms with Gasteiger partial charge < -0.3 is 28.8 Å². The van der Waals surface area contributed by atoms with Crippen LogP contribution in [0.25, 0.3) is 11.1 Å².